The van der Waals surface area contributed by atoms with Gasteiger partial charge in [0.2, 0.25) is 5.79 Å². The number of carbonyl (C=O) groups is 6. The van der Waals surface area contributed by atoms with Crippen LogP contribution in [0.4, 0.5) is 0 Å². The fourth-order valence-electron chi connectivity index (χ4n) is 10.7. The number of cyclic esters (lactones) is 1. The normalized spacial score (nSPS) is 37.5. The van der Waals surface area contributed by atoms with Gasteiger partial charge in [0.05, 0.1) is 31.0 Å². The molecule has 3 N–H and O–H groups in total. The Bertz CT molecular complexity index is 1950. The third kappa shape index (κ3) is 16.8. The second-order valence-electron chi connectivity index (χ2n) is 20.8. The van der Waals surface area contributed by atoms with Crippen LogP contribution in [0, 0.1) is 35.5 Å². The zero-order chi connectivity index (χ0) is 53.3. The number of methoxy groups -OCH3 is 3. The van der Waals surface area contributed by atoms with Gasteiger partial charge in [0, 0.05) is 58.5 Å². The Morgan fingerprint density at radius 1 is 0.875 bits per heavy atom. The summed E-state index contributed by atoms with van der Waals surface area (Å²) in [5, 5.41) is 32.5. The molecular weight excluding hydrogens is 931 g/mol. The van der Waals surface area contributed by atoms with Crippen molar-refractivity contribution in [1.29, 1.82) is 0 Å². The molecule has 1 aliphatic carbocycles. The minimum atomic E-state index is -2.46. The molecule has 2 bridgehead atoms. The Kier molecular flexibility index (Phi) is 24.6. The maximum atomic E-state index is 14.5. The summed E-state index contributed by atoms with van der Waals surface area (Å²) < 4.78 is 40.5. The molecule has 15 atom stereocenters. The predicted octanol–water partition coefficient (Wildman–Crippen LogP) is 5.74. The smallest absolute Gasteiger partial charge is 0.332 e. The van der Waals surface area contributed by atoms with Gasteiger partial charge in [-0.3, -0.25) is 19.2 Å². The summed E-state index contributed by atoms with van der Waals surface area (Å²) in [5.74, 6) is -8.95. The summed E-state index contributed by atoms with van der Waals surface area (Å²) in [4.78, 5) is 84.5. The second kappa shape index (κ2) is 29.2. The summed E-state index contributed by atoms with van der Waals surface area (Å²) >= 11 is 0. The molecule has 406 valence electrons. The summed E-state index contributed by atoms with van der Waals surface area (Å²) in [6.45, 7) is 11.9. The van der Waals surface area contributed by atoms with Gasteiger partial charge in [-0.1, -0.05) is 71.1 Å². The molecule has 4 rings (SSSR count). The molecule has 17 nitrogen and oxygen atoms in total. The van der Waals surface area contributed by atoms with Gasteiger partial charge in [0.25, 0.3) is 11.7 Å². The van der Waals surface area contributed by atoms with E-state index in [1.54, 1.807) is 48.0 Å². The molecular formula is C55H85NO16. The lowest BCUT2D eigenvalue weighted by molar-refractivity contribution is -0.265. The average Bonchev–Trinajstić information content (AvgIpc) is 3.36. The van der Waals surface area contributed by atoms with E-state index in [0.29, 0.717) is 69.8 Å². The van der Waals surface area contributed by atoms with Crippen molar-refractivity contribution in [2.24, 2.45) is 35.5 Å². The largest absolute Gasteiger partial charge is 0.462 e. The Morgan fingerprint density at radius 3 is 2.29 bits per heavy atom. The van der Waals surface area contributed by atoms with Gasteiger partial charge < -0.3 is 53.4 Å². The number of carbonyl (C=O) groups excluding carboxylic acids is 6. The molecule has 0 radical (unpaired) electrons. The van der Waals surface area contributed by atoms with Gasteiger partial charge >= 0.3 is 11.9 Å². The zero-order valence-electron chi connectivity index (χ0n) is 44.5. The number of rotatable bonds is 11. The van der Waals surface area contributed by atoms with Crippen LogP contribution in [-0.4, -0.2) is 158 Å². The highest BCUT2D eigenvalue weighted by Gasteiger charge is 2.53. The maximum absolute atomic E-state index is 14.5. The van der Waals surface area contributed by atoms with Crippen LogP contribution in [-0.2, 0) is 61.9 Å². The fourth-order valence-corrected chi connectivity index (χ4v) is 10.7. The number of ether oxygens (including phenoxy) is 7. The first-order valence-electron chi connectivity index (χ1n) is 26.1. The molecule has 2 saturated heterocycles. The first-order valence-corrected chi connectivity index (χ1v) is 26.1. The molecule has 0 aromatic heterocycles. The Balaban J connectivity index is 1.67. The van der Waals surface area contributed by atoms with Gasteiger partial charge in [0.1, 0.15) is 43.4 Å². The second-order valence-corrected chi connectivity index (χ2v) is 20.8. The predicted molar refractivity (Wildman–Crippen MR) is 267 cm³/mol. The number of nitrogens with zero attached hydrogens (tertiary/aromatic N) is 1. The molecule has 3 fully saturated rings. The molecule has 17 heteroatoms. The van der Waals surface area contributed by atoms with Crippen molar-refractivity contribution in [3.63, 3.8) is 0 Å². The topological polar surface area (TPSA) is 231 Å². The summed E-state index contributed by atoms with van der Waals surface area (Å²) in [6.07, 6.45) is 10.8. The van der Waals surface area contributed by atoms with Gasteiger partial charge in [0.15, 0.2) is 5.78 Å². The van der Waals surface area contributed by atoms with Crippen molar-refractivity contribution in [1.82, 2.24) is 4.90 Å². The molecule has 0 aromatic carbocycles. The van der Waals surface area contributed by atoms with Crippen LogP contribution in [0.25, 0.3) is 0 Å². The number of esters is 2. The Hall–Kier alpha value is -3.94. The van der Waals surface area contributed by atoms with E-state index in [9.17, 15) is 39.0 Å². The van der Waals surface area contributed by atoms with Crippen molar-refractivity contribution < 1.29 is 77.2 Å². The molecule has 0 aromatic rings. The number of hydrogen-bond acceptors (Lipinski definition) is 16. The minimum absolute atomic E-state index is 0.000808. The van der Waals surface area contributed by atoms with Gasteiger partial charge in [-0.2, -0.15) is 0 Å². The van der Waals surface area contributed by atoms with Crippen molar-refractivity contribution in [3.05, 3.63) is 47.6 Å². The number of piperidine rings is 1. The average molecular weight is 1020 g/mol. The number of aliphatic hydroxyl groups is 3. The van der Waals surface area contributed by atoms with E-state index in [2.05, 4.69) is 0 Å². The SMILES string of the molecule is CO[C@H]1CC2CC[C@@H](C)[C@@](O)(O2)C(=O)C(=O)N2CCCCC2C(=O)O[C@H]([C@H](C)C[C@@H]2CC[C@@H](OCC(=O)OCCO)[C@H](OC)C2)CC(=O)[C@H](C)/C=C(\C)[C@@H](O)[C@@H](OC)C(=O)[C@H](C)C[C@H](C)/C=C/C=C/C=C/1C. The number of allylic oxidation sites excluding steroid dienone is 6. The van der Waals surface area contributed by atoms with E-state index in [1.165, 1.54) is 12.0 Å². The molecule has 72 heavy (non-hydrogen) atoms. The lowest BCUT2D eigenvalue weighted by Crippen LogP contribution is -2.61. The minimum Gasteiger partial charge on any atom is -0.462 e. The van der Waals surface area contributed by atoms with Crippen LogP contribution in [0.15, 0.2) is 47.6 Å². The first-order chi connectivity index (χ1) is 34.2. The van der Waals surface area contributed by atoms with Crippen LogP contribution in [0.2, 0.25) is 0 Å². The molecule has 1 saturated carbocycles. The number of aliphatic hydroxyl groups excluding tert-OH is 2. The highest BCUT2D eigenvalue weighted by Crippen LogP contribution is 2.38. The molecule has 2 unspecified atom stereocenters. The highest BCUT2D eigenvalue weighted by molar-refractivity contribution is 6.39. The maximum Gasteiger partial charge on any atom is 0.332 e. The molecule has 3 heterocycles. The van der Waals surface area contributed by atoms with Crippen molar-refractivity contribution in [2.45, 2.75) is 180 Å². The van der Waals surface area contributed by atoms with Crippen LogP contribution >= 0.6 is 0 Å². The lowest BCUT2D eigenvalue weighted by Gasteiger charge is -2.42. The van der Waals surface area contributed by atoms with Crippen LogP contribution in [0.3, 0.4) is 0 Å². The van der Waals surface area contributed by atoms with Crippen LogP contribution < -0.4 is 0 Å². The Labute approximate surface area is 427 Å². The van der Waals surface area contributed by atoms with Gasteiger partial charge in [-0.15, -0.1) is 0 Å². The van der Waals surface area contributed by atoms with Gasteiger partial charge in [-0.25, -0.2) is 9.59 Å². The zero-order valence-corrected chi connectivity index (χ0v) is 44.5. The summed E-state index contributed by atoms with van der Waals surface area (Å²) in [6, 6.07) is -1.18. The number of ketones is 3. The third-order valence-electron chi connectivity index (χ3n) is 15.2. The summed E-state index contributed by atoms with van der Waals surface area (Å²) in [7, 11) is 4.50. The van der Waals surface area contributed by atoms with Crippen molar-refractivity contribution >= 4 is 35.2 Å². The quantitative estimate of drug-likeness (QED) is 0.127. The van der Waals surface area contributed by atoms with E-state index in [-0.39, 0.29) is 68.7 Å². The van der Waals surface area contributed by atoms with E-state index >= 15 is 0 Å². The standard InChI is InChI=1S/C55H85NO16/c1-33-16-12-11-13-17-34(2)45(66-8)30-41-21-19-39(7)55(65,72-41)52(62)53(63)56-23-15-14-18-42(56)54(64)71-46(31-43(58)35(3)27-38(6)50(61)51(68-10)49(60)37(5)26-33)36(4)28-40-20-22-44(47(29-40)67-9)70-32-48(59)69-25-24-57/h11-13,16-17,27,33,35-37,39-42,44-47,50-51,57,61,65H,14-15,18-26,28-32H2,1-10H3/b13-11+,16-12+,34-17+,38-27+/t33-,35-,36-,37-,39-,40+,41?,42?,44-,45+,46+,47-,50-,51+,55-/m1/s1. The highest BCUT2D eigenvalue weighted by atomic mass is 16.6. The molecule has 3 aliphatic heterocycles. The summed E-state index contributed by atoms with van der Waals surface area (Å²) in [5.41, 5.74) is 1.23. The number of Topliss-reactive ketones (excluding diaryl/α,β-unsaturated/α-hetero) is 3. The molecule has 1 amide bonds. The first kappa shape index (κ1) is 60.6. The lowest BCUT2D eigenvalue weighted by atomic mass is 9.78. The molecule has 4 aliphatic rings. The van der Waals surface area contributed by atoms with E-state index in [1.807, 2.05) is 51.2 Å². The van der Waals surface area contributed by atoms with Crippen LogP contribution in [0.1, 0.15) is 126 Å². The van der Waals surface area contributed by atoms with E-state index in [0.717, 1.165) is 5.57 Å². The van der Waals surface area contributed by atoms with Crippen LogP contribution in [0.5, 0.6) is 0 Å². The van der Waals surface area contributed by atoms with E-state index in [4.69, 9.17) is 38.3 Å². The Morgan fingerprint density at radius 2 is 1.61 bits per heavy atom. The van der Waals surface area contributed by atoms with E-state index < -0.39 is 95.8 Å². The number of hydrogen-bond donors (Lipinski definition) is 3. The van der Waals surface area contributed by atoms with Gasteiger partial charge in [-0.05, 0) is 107 Å². The number of fused-ring (bicyclic) bond motifs is 3. The van der Waals surface area contributed by atoms with Crippen molar-refractivity contribution in [3.8, 4) is 0 Å². The monoisotopic (exact) mass is 1020 g/mol. The number of amides is 1. The van der Waals surface area contributed by atoms with Crippen molar-refractivity contribution in [2.75, 3.05) is 47.7 Å². The third-order valence-corrected chi connectivity index (χ3v) is 15.2. The molecule has 0 spiro atoms. The fraction of sp³-hybridized carbons (Fsp3) is 0.745.